The lowest BCUT2D eigenvalue weighted by atomic mass is 10.0. The van der Waals surface area contributed by atoms with Gasteiger partial charge in [0.25, 0.3) is 11.8 Å². The number of amides is 2. The minimum atomic E-state index is -0.742. The number of halogens is 2. The Hall–Kier alpha value is -2.53. The van der Waals surface area contributed by atoms with Crippen LogP contribution in [0, 0.1) is 12.7 Å². The summed E-state index contributed by atoms with van der Waals surface area (Å²) >= 11 is 0. The first kappa shape index (κ1) is 24.6. The van der Waals surface area contributed by atoms with Gasteiger partial charge in [0.2, 0.25) is 0 Å². The molecule has 1 saturated heterocycles. The van der Waals surface area contributed by atoms with Gasteiger partial charge in [-0.2, -0.15) is 0 Å². The van der Waals surface area contributed by atoms with Gasteiger partial charge < -0.3 is 25.0 Å². The van der Waals surface area contributed by atoms with Crippen molar-refractivity contribution in [3.8, 4) is 0 Å². The Kier molecular flexibility index (Phi) is 7.22. The molecule has 2 amide bonds. The summed E-state index contributed by atoms with van der Waals surface area (Å²) < 4.78 is 19.1. The molecule has 1 atom stereocenters. The molecule has 3 aliphatic heterocycles. The predicted molar refractivity (Wildman–Crippen MR) is 131 cm³/mol. The van der Waals surface area contributed by atoms with Crippen LogP contribution < -0.4 is 5.32 Å². The number of aryl methyl sites for hydroxylation is 1. The molecule has 5 rings (SSSR count). The van der Waals surface area contributed by atoms with Crippen LogP contribution in [0.5, 0.6) is 0 Å². The van der Waals surface area contributed by atoms with Crippen molar-refractivity contribution >= 4 is 46.1 Å². The zero-order chi connectivity index (χ0) is 23.1. The molecular weight excluding hydrogens is 507 g/mol. The number of carbonyl (C=O) groups excluding carboxylic acids is 2. The lowest BCUT2D eigenvalue weighted by Crippen LogP contribution is -2.50. The molecule has 0 spiro atoms. The van der Waals surface area contributed by atoms with Gasteiger partial charge in [-0.15, -0.1) is 17.0 Å². The van der Waals surface area contributed by atoms with Crippen LogP contribution in [0.1, 0.15) is 39.3 Å². The number of aliphatic hydroxyl groups is 1. The first-order valence-electron chi connectivity index (χ1n) is 11.3. The zero-order valence-corrected chi connectivity index (χ0v) is 20.6. The highest BCUT2D eigenvalue weighted by Gasteiger charge is 2.31. The number of hydrogen-bond acceptors (Lipinski definition) is 5. The molecule has 0 aliphatic carbocycles. The van der Waals surface area contributed by atoms with Crippen molar-refractivity contribution in [2.75, 3.05) is 44.7 Å². The minimum absolute atomic E-state index is 0. The number of benzene rings is 1. The summed E-state index contributed by atoms with van der Waals surface area (Å²) in [6, 6.07) is 4.19. The van der Waals surface area contributed by atoms with E-state index in [1.165, 1.54) is 12.1 Å². The maximum Gasteiger partial charge on any atom is 0.256 e. The second-order valence-electron chi connectivity index (χ2n) is 8.70. The third kappa shape index (κ3) is 4.55. The van der Waals surface area contributed by atoms with Crippen LogP contribution in [-0.4, -0.2) is 77.3 Å². The molecule has 4 heterocycles. The molecule has 8 nitrogen and oxygen atoms in total. The molecule has 1 fully saturated rings. The van der Waals surface area contributed by atoms with E-state index >= 15 is 0 Å². The van der Waals surface area contributed by atoms with Crippen molar-refractivity contribution in [1.29, 1.82) is 0 Å². The number of morpholine rings is 1. The minimum Gasteiger partial charge on any atom is -0.379 e. The Bertz CT molecular complexity index is 1140. The maximum absolute atomic E-state index is 13.8. The Morgan fingerprint density at radius 3 is 2.76 bits per heavy atom. The smallest absolute Gasteiger partial charge is 0.256 e. The van der Waals surface area contributed by atoms with Gasteiger partial charge in [-0.1, -0.05) is 0 Å². The molecular formula is C24H28BrFN4O4. The standard InChI is InChI=1S/C24H27FN4O4.BrH/c1-14-20(12-17-16-11-15(25)4-5-18(16)27-23(17)31)26-19-3-2-6-29(24(32)22(14)19)13-21(30)28-7-9-33-10-8-28;/h4-5,11-12,21,26,30H,2-3,6-10,13H2,1H3,(H,27,31);1H/b17-12-;/t21-;/m0./s1. The first-order chi connectivity index (χ1) is 15.9. The van der Waals surface area contributed by atoms with E-state index < -0.39 is 12.0 Å². The van der Waals surface area contributed by atoms with E-state index in [0.29, 0.717) is 67.4 Å². The van der Waals surface area contributed by atoms with Crippen LogP contribution >= 0.6 is 17.0 Å². The van der Waals surface area contributed by atoms with Crippen LogP contribution in [0.4, 0.5) is 10.1 Å². The number of aromatic amines is 1. The van der Waals surface area contributed by atoms with Crippen molar-refractivity contribution in [2.45, 2.75) is 26.0 Å². The van der Waals surface area contributed by atoms with Crippen LogP contribution in [0.2, 0.25) is 0 Å². The largest absolute Gasteiger partial charge is 0.379 e. The predicted octanol–water partition coefficient (Wildman–Crippen LogP) is 2.57. The van der Waals surface area contributed by atoms with E-state index in [9.17, 15) is 19.1 Å². The van der Waals surface area contributed by atoms with Crippen LogP contribution in [-0.2, 0) is 16.0 Å². The number of aliphatic hydroxyl groups excluding tert-OH is 1. The van der Waals surface area contributed by atoms with Crippen molar-refractivity contribution in [2.24, 2.45) is 0 Å². The molecule has 0 radical (unpaired) electrons. The number of hydrogen-bond donors (Lipinski definition) is 3. The van der Waals surface area contributed by atoms with E-state index in [1.807, 2.05) is 11.8 Å². The second-order valence-corrected chi connectivity index (χ2v) is 8.70. The summed E-state index contributed by atoms with van der Waals surface area (Å²) in [7, 11) is 0. The number of β-amino-alcohol motifs (C(OH)–C–C–N with tert-alkyl or cyclic N) is 1. The highest BCUT2D eigenvalue weighted by atomic mass is 79.9. The fraction of sp³-hybridized carbons (Fsp3) is 0.417. The number of H-pyrrole nitrogens is 1. The Morgan fingerprint density at radius 2 is 2.00 bits per heavy atom. The number of nitrogens with one attached hydrogen (secondary N) is 2. The average Bonchev–Trinajstić information content (AvgIpc) is 3.23. The third-order valence-electron chi connectivity index (χ3n) is 6.63. The molecule has 0 bridgehead atoms. The Balaban J connectivity index is 0.00000274. The molecule has 3 N–H and O–H groups in total. The van der Waals surface area contributed by atoms with Crippen LogP contribution in [0.25, 0.3) is 11.6 Å². The summed E-state index contributed by atoms with van der Waals surface area (Å²) in [5.41, 5.74) is 4.25. The van der Waals surface area contributed by atoms with Crippen LogP contribution in [0.3, 0.4) is 0 Å². The van der Waals surface area contributed by atoms with Gasteiger partial charge in [0.05, 0.1) is 30.9 Å². The number of nitrogens with zero attached hydrogens (tertiary/aromatic N) is 2. The molecule has 182 valence electrons. The van der Waals surface area contributed by atoms with E-state index in [-0.39, 0.29) is 35.3 Å². The fourth-order valence-electron chi connectivity index (χ4n) is 4.82. The molecule has 1 aromatic heterocycles. The quantitative estimate of drug-likeness (QED) is 0.523. The Morgan fingerprint density at radius 1 is 1.24 bits per heavy atom. The van der Waals surface area contributed by atoms with Gasteiger partial charge in [0.1, 0.15) is 12.0 Å². The van der Waals surface area contributed by atoms with E-state index in [1.54, 1.807) is 17.0 Å². The summed E-state index contributed by atoms with van der Waals surface area (Å²) in [4.78, 5) is 32.9. The molecule has 0 saturated carbocycles. The van der Waals surface area contributed by atoms with Gasteiger partial charge in [0.15, 0.2) is 0 Å². The topological polar surface area (TPSA) is 97.9 Å². The first-order valence-corrected chi connectivity index (χ1v) is 11.3. The number of anilines is 1. The van der Waals surface area contributed by atoms with Gasteiger partial charge in [-0.05, 0) is 49.6 Å². The van der Waals surface area contributed by atoms with Crippen molar-refractivity contribution in [3.63, 3.8) is 0 Å². The average molecular weight is 535 g/mol. The lowest BCUT2D eigenvalue weighted by molar-refractivity contribution is -0.110. The SMILES string of the molecule is Br.Cc1c(/C=C2\C(=O)Nc3ccc(F)cc32)[nH]c2c1C(=O)N(C[C@H](O)N1CCOCC1)CCC2. The summed E-state index contributed by atoms with van der Waals surface area (Å²) in [5, 5.41) is 13.4. The highest BCUT2D eigenvalue weighted by molar-refractivity contribution is 8.93. The zero-order valence-electron chi connectivity index (χ0n) is 18.9. The molecule has 1 aromatic carbocycles. The van der Waals surface area contributed by atoms with Gasteiger partial charge in [-0.3, -0.25) is 14.5 Å². The molecule has 3 aliphatic rings. The second kappa shape index (κ2) is 9.99. The number of rotatable bonds is 4. The number of carbonyl (C=O) groups is 2. The lowest BCUT2D eigenvalue weighted by Gasteiger charge is -2.34. The van der Waals surface area contributed by atoms with Gasteiger partial charge in [0, 0.05) is 42.3 Å². The number of fused-ring (bicyclic) bond motifs is 2. The summed E-state index contributed by atoms with van der Waals surface area (Å²) in [6.45, 7) is 5.07. The normalized spacial score (nSPS) is 20.4. The monoisotopic (exact) mass is 534 g/mol. The van der Waals surface area contributed by atoms with Gasteiger partial charge >= 0.3 is 0 Å². The summed E-state index contributed by atoms with van der Waals surface area (Å²) in [5.74, 6) is -0.850. The number of aromatic nitrogens is 1. The Labute approximate surface area is 207 Å². The van der Waals surface area contributed by atoms with Gasteiger partial charge in [-0.25, -0.2) is 4.39 Å². The molecule has 2 aromatic rings. The van der Waals surface area contributed by atoms with Crippen molar-refractivity contribution in [3.05, 3.63) is 52.1 Å². The van der Waals surface area contributed by atoms with E-state index in [2.05, 4.69) is 10.3 Å². The molecule has 10 heteroatoms. The van der Waals surface area contributed by atoms with Crippen molar-refractivity contribution < 1.29 is 23.8 Å². The highest BCUT2D eigenvalue weighted by Crippen LogP contribution is 2.35. The van der Waals surface area contributed by atoms with E-state index in [0.717, 1.165) is 17.7 Å². The molecule has 0 unspecified atom stereocenters. The molecule has 34 heavy (non-hydrogen) atoms. The fourth-order valence-corrected chi connectivity index (χ4v) is 4.82. The van der Waals surface area contributed by atoms with Crippen LogP contribution in [0.15, 0.2) is 18.2 Å². The van der Waals surface area contributed by atoms with E-state index in [4.69, 9.17) is 4.74 Å². The number of ether oxygens (including phenoxy) is 1. The summed E-state index contributed by atoms with van der Waals surface area (Å²) in [6.07, 6.45) is 2.39. The maximum atomic E-state index is 13.8. The van der Waals surface area contributed by atoms with Crippen molar-refractivity contribution in [1.82, 2.24) is 14.8 Å². The third-order valence-corrected chi connectivity index (χ3v) is 6.63.